The molecule has 1 aromatic carbocycles. The molecule has 27 heavy (non-hydrogen) atoms. The second-order valence-corrected chi connectivity index (χ2v) is 6.49. The van der Waals surface area contributed by atoms with Crippen LogP contribution >= 0.6 is 11.8 Å². The van der Waals surface area contributed by atoms with Crippen molar-refractivity contribution >= 4 is 41.5 Å². The Labute approximate surface area is 162 Å². The van der Waals surface area contributed by atoms with E-state index in [1.165, 1.54) is 11.1 Å². The van der Waals surface area contributed by atoms with Gasteiger partial charge in [0.25, 0.3) is 0 Å². The second kappa shape index (κ2) is 9.91. The van der Waals surface area contributed by atoms with Crippen LogP contribution in [0.4, 0.5) is 5.69 Å². The van der Waals surface area contributed by atoms with Crippen molar-refractivity contribution in [2.75, 3.05) is 19.8 Å². The summed E-state index contributed by atoms with van der Waals surface area (Å²) in [5.74, 6) is -1.85. The minimum absolute atomic E-state index is 0.110. The van der Waals surface area contributed by atoms with Crippen LogP contribution in [0, 0.1) is 0 Å². The highest BCUT2D eigenvalue weighted by atomic mass is 32.2. The van der Waals surface area contributed by atoms with Crippen LogP contribution in [0.25, 0.3) is 0 Å². The van der Waals surface area contributed by atoms with E-state index < -0.39 is 17.2 Å². The van der Waals surface area contributed by atoms with E-state index in [2.05, 4.69) is 4.99 Å². The van der Waals surface area contributed by atoms with E-state index in [4.69, 9.17) is 9.47 Å². The van der Waals surface area contributed by atoms with Crippen molar-refractivity contribution in [3.8, 4) is 0 Å². The molecule has 1 aliphatic heterocycles. The summed E-state index contributed by atoms with van der Waals surface area (Å²) in [6.07, 6.45) is 1.52. The van der Waals surface area contributed by atoms with Gasteiger partial charge in [0, 0.05) is 12.8 Å². The molecule has 1 aliphatic rings. The van der Waals surface area contributed by atoms with Crippen LogP contribution in [0.2, 0.25) is 0 Å². The lowest BCUT2D eigenvalue weighted by molar-refractivity contribution is -0.146. The molecule has 1 atom stereocenters. The zero-order valence-corrected chi connectivity index (χ0v) is 16.3. The van der Waals surface area contributed by atoms with Gasteiger partial charge >= 0.3 is 11.9 Å². The number of aliphatic imine (C=N–C) groups is 1. The van der Waals surface area contributed by atoms with Gasteiger partial charge < -0.3 is 14.4 Å². The average molecular weight is 390 g/mol. The number of rotatable bonds is 7. The van der Waals surface area contributed by atoms with Crippen LogP contribution in [0.15, 0.2) is 45.9 Å². The van der Waals surface area contributed by atoms with Crippen molar-refractivity contribution < 1.29 is 23.9 Å². The Morgan fingerprint density at radius 1 is 1.11 bits per heavy atom. The molecule has 0 saturated carbocycles. The number of nitrogens with zero attached hydrogens (tertiary/aromatic N) is 2. The maximum absolute atomic E-state index is 12.7. The molecule has 1 amide bonds. The van der Waals surface area contributed by atoms with Crippen molar-refractivity contribution in [1.29, 1.82) is 0 Å². The van der Waals surface area contributed by atoms with Gasteiger partial charge in [-0.05, 0) is 32.9 Å². The van der Waals surface area contributed by atoms with Crippen LogP contribution in [0.1, 0.15) is 20.8 Å². The third-order valence-corrected chi connectivity index (χ3v) is 4.82. The Bertz CT molecular complexity index is 741. The monoisotopic (exact) mass is 390 g/mol. The third kappa shape index (κ3) is 4.97. The van der Waals surface area contributed by atoms with Crippen molar-refractivity contribution in [3.63, 3.8) is 0 Å². The highest BCUT2D eigenvalue weighted by molar-refractivity contribution is 8.05. The molecule has 1 saturated heterocycles. The third-order valence-electron chi connectivity index (χ3n) is 3.60. The summed E-state index contributed by atoms with van der Waals surface area (Å²) in [7, 11) is 0. The summed E-state index contributed by atoms with van der Waals surface area (Å²) in [6.45, 7) is 5.58. The van der Waals surface area contributed by atoms with Gasteiger partial charge in [0.05, 0.1) is 18.9 Å². The summed E-state index contributed by atoms with van der Waals surface area (Å²) in [5, 5.41) is -0.400. The molecule has 1 unspecified atom stereocenters. The van der Waals surface area contributed by atoms with E-state index >= 15 is 0 Å². The minimum Gasteiger partial charge on any atom is -0.462 e. The summed E-state index contributed by atoms with van der Waals surface area (Å²) in [6, 6.07) is 9.20. The number of carbonyl (C=O) groups excluding carboxylic acids is 3. The number of hydrogen-bond acceptors (Lipinski definition) is 7. The van der Waals surface area contributed by atoms with Crippen molar-refractivity contribution in [1.82, 2.24) is 4.90 Å². The standard InChI is InChI=1S/C19H22N2O5S/c1-4-21-16(22)14(12-20-13-10-8-7-9-11-13)27-17(21)15(18(23)25-5-2)19(24)26-6-3/h7-12,14H,4-6H2,1-3H3. The van der Waals surface area contributed by atoms with E-state index in [0.717, 1.165) is 11.8 Å². The van der Waals surface area contributed by atoms with E-state index in [-0.39, 0.29) is 29.7 Å². The summed E-state index contributed by atoms with van der Waals surface area (Å²) in [5.41, 5.74) is 0.455. The number of para-hydroxylation sites is 1. The summed E-state index contributed by atoms with van der Waals surface area (Å²) >= 11 is 1.09. The molecule has 0 radical (unpaired) electrons. The van der Waals surface area contributed by atoms with Crippen molar-refractivity contribution in [3.05, 3.63) is 40.9 Å². The van der Waals surface area contributed by atoms with Gasteiger partial charge in [0.15, 0.2) is 5.57 Å². The van der Waals surface area contributed by atoms with Gasteiger partial charge in [0.2, 0.25) is 5.91 Å². The second-order valence-electron chi connectivity index (χ2n) is 5.36. The van der Waals surface area contributed by atoms with Crippen molar-refractivity contribution in [2.45, 2.75) is 26.0 Å². The van der Waals surface area contributed by atoms with Crippen LogP contribution in [-0.4, -0.2) is 54.0 Å². The van der Waals surface area contributed by atoms with Gasteiger partial charge in [-0.2, -0.15) is 0 Å². The molecule has 0 aliphatic carbocycles. The average Bonchev–Trinajstić information content (AvgIpc) is 2.96. The highest BCUT2D eigenvalue weighted by Gasteiger charge is 2.41. The molecule has 7 nitrogen and oxygen atoms in total. The number of carbonyl (C=O) groups is 3. The Balaban J connectivity index is 2.38. The summed E-state index contributed by atoms with van der Waals surface area (Å²) in [4.78, 5) is 43.1. The molecule has 1 heterocycles. The molecule has 1 fully saturated rings. The molecule has 0 bridgehead atoms. The molecule has 2 rings (SSSR count). The topological polar surface area (TPSA) is 85.3 Å². The number of ether oxygens (including phenoxy) is 2. The first-order valence-corrected chi connectivity index (χ1v) is 9.57. The molecule has 0 aromatic heterocycles. The number of hydrogen-bond donors (Lipinski definition) is 0. The maximum Gasteiger partial charge on any atom is 0.348 e. The van der Waals surface area contributed by atoms with Gasteiger partial charge in [-0.15, -0.1) is 0 Å². The molecule has 0 spiro atoms. The fourth-order valence-corrected chi connectivity index (χ4v) is 3.63. The normalized spacial score (nSPS) is 16.7. The molecule has 0 N–H and O–H groups in total. The van der Waals surface area contributed by atoms with Gasteiger partial charge in [0.1, 0.15) is 10.3 Å². The fourth-order valence-electron chi connectivity index (χ4n) is 2.41. The Hall–Kier alpha value is -2.61. The first-order valence-electron chi connectivity index (χ1n) is 8.69. The Kier molecular flexibility index (Phi) is 7.60. The molecule has 1 aromatic rings. The van der Waals surface area contributed by atoms with Gasteiger partial charge in [-0.1, -0.05) is 30.0 Å². The zero-order chi connectivity index (χ0) is 19.8. The smallest absolute Gasteiger partial charge is 0.348 e. The van der Waals surface area contributed by atoms with Crippen LogP contribution in [0.3, 0.4) is 0 Å². The number of amides is 1. The van der Waals surface area contributed by atoms with E-state index in [9.17, 15) is 14.4 Å². The Morgan fingerprint density at radius 3 is 2.22 bits per heavy atom. The predicted octanol–water partition coefficient (Wildman–Crippen LogP) is 2.69. The van der Waals surface area contributed by atoms with E-state index in [1.54, 1.807) is 20.8 Å². The summed E-state index contributed by atoms with van der Waals surface area (Å²) < 4.78 is 9.99. The van der Waals surface area contributed by atoms with Crippen molar-refractivity contribution in [2.24, 2.45) is 4.99 Å². The first-order chi connectivity index (χ1) is 13.0. The largest absolute Gasteiger partial charge is 0.462 e. The zero-order valence-electron chi connectivity index (χ0n) is 15.5. The molecular weight excluding hydrogens is 368 g/mol. The predicted molar refractivity (Wildman–Crippen MR) is 104 cm³/mol. The molecule has 8 heteroatoms. The Morgan fingerprint density at radius 2 is 1.70 bits per heavy atom. The fraction of sp³-hybridized carbons (Fsp3) is 0.368. The number of esters is 2. The van der Waals surface area contributed by atoms with Crippen LogP contribution in [0.5, 0.6) is 0 Å². The SMILES string of the molecule is CCOC(=O)C(C(=O)OCC)=C1SC(C=Nc2ccccc2)C(=O)N1CC. The molecular formula is C19H22N2O5S. The number of benzene rings is 1. The maximum atomic E-state index is 12.7. The lowest BCUT2D eigenvalue weighted by atomic mass is 10.2. The van der Waals surface area contributed by atoms with E-state index in [1.807, 2.05) is 30.3 Å². The van der Waals surface area contributed by atoms with Crippen LogP contribution < -0.4 is 0 Å². The van der Waals surface area contributed by atoms with Gasteiger partial charge in [-0.3, -0.25) is 9.79 Å². The first kappa shape index (κ1) is 20.7. The lowest BCUT2D eigenvalue weighted by Crippen LogP contribution is -2.31. The van der Waals surface area contributed by atoms with Crippen LogP contribution in [-0.2, 0) is 23.9 Å². The number of thioether (sulfide) groups is 1. The van der Waals surface area contributed by atoms with E-state index in [0.29, 0.717) is 12.2 Å². The van der Waals surface area contributed by atoms with Gasteiger partial charge in [-0.25, -0.2) is 9.59 Å². The minimum atomic E-state index is -0.801. The lowest BCUT2D eigenvalue weighted by Gasteiger charge is -2.17. The highest BCUT2D eigenvalue weighted by Crippen LogP contribution is 2.37. The quantitative estimate of drug-likeness (QED) is 0.234. The molecule has 144 valence electrons.